The molecule has 4 heteroatoms. The Morgan fingerprint density at radius 1 is 1.21 bits per heavy atom. The molecule has 19 heavy (non-hydrogen) atoms. The van der Waals surface area contributed by atoms with Crippen LogP contribution in [-0.2, 0) is 0 Å². The molecule has 1 atom stereocenters. The maximum Gasteiger partial charge on any atom is 0.255 e. The van der Waals surface area contributed by atoms with Crippen molar-refractivity contribution >= 4 is 0 Å². The molecule has 1 aromatic heterocycles. The van der Waals surface area contributed by atoms with Crippen LogP contribution in [0.15, 0.2) is 4.79 Å². The average Bonchev–Trinajstić information content (AvgIpc) is 2.26. The summed E-state index contributed by atoms with van der Waals surface area (Å²) in [5.74, 6) is 1.44. The van der Waals surface area contributed by atoms with Gasteiger partial charge in [-0.3, -0.25) is 4.79 Å². The van der Waals surface area contributed by atoms with Crippen molar-refractivity contribution in [2.75, 3.05) is 6.54 Å². The van der Waals surface area contributed by atoms with E-state index in [2.05, 4.69) is 29.1 Å². The third-order valence-corrected chi connectivity index (χ3v) is 3.36. The molecule has 0 aliphatic rings. The predicted octanol–water partition coefficient (Wildman–Crippen LogP) is 2.86. The third kappa shape index (κ3) is 5.15. The molecule has 2 N–H and O–H groups in total. The Morgan fingerprint density at radius 2 is 1.89 bits per heavy atom. The number of H-pyrrole nitrogens is 1. The van der Waals surface area contributed by atoms with Crippen LogP contribution in [-0.4, -0.2) is 16.5 Å². The van der Waals surface area contributed by atoms with Crippen LogP contribution < -0.4 is 10.9 Å². The first-order valence-corrected chi connectivity index (χ1v) is 7.22. The molecule has 4 nitrogen and oxygen atoms in total. The molecule has 0 spiro atoms. The number of hydrogen-bond acceptors (Lipinski definition) is 3. The minimum Gasteiger partial charge on any atom is -0.310 e. The summed E-state index contributed by atoms with van der Waals surface area (Å²) >= 11 is 0. The fraction of sp³-hybridized carbons (Fsp3) is 0.733. The number of rotatable bonds is 7. The van der Waals surface area contributed by atoms with E-state index in [9.17, 15) is 4.79 Å². The second kappa shape index (κ2) is 7.43. The van der Waals surface area contributed by atoms with Crippen LogP contribution in [0.5, 0.6) is 0 Å². The lowest BCUT2D eigenvalue weighted by molar-refractivity contribution is 0.495. The number of aryl methyl sites for hydroxylation is 2. The van der Waals surface area contributed by atoms with Gasteiger partial charge < -0.3 is 10.3 Å². The Bertz CT molecular complexity index is 451. The van der Waals surface area contributed by atoms with E-state index in [1.54, 1.807) is 0 Å². The van der Waals surface area contributed by atoms with Gasteiger partial charge >= 0.3 is 0 Å². The standard InChI is InChI=1S/C15H27N3O/c1-10(2)8-6-7-9-16-11(3)14-12(4)17-13(5)18-15(14)19/h10-11,16H,6-9H2,1-5H3,(H,17,18,19). The first-order chi connectivity index (χ1) is 8.91. The topological polar surface area (TPSA) is 57.8 Å². The van der Waals surface area contributed by atoms with Crippen LogP contribution in [0.2, 0.25) is 0 Å². The molecular formula is C15H27N3O. The number of nitrogens with one attached hydrogen (secondary N) is 2. The lowest BCUT2D eigenvalue weighted by atomic mass is 10.1. The maximum absolute atomic E-state index is 11.9. The van der Waals surface area contributed by atoms with E-state index < -0.39 is 0 Å². The van der Waals surface area contributed by atoms with Gasteiger partial charge in [0.1, 0.15) is 5.82 Å². The van der Waals surface area contributed by atoms with Gasteiger partial charge in [-0.15, -0.1) is 0 Å². The smallest absolute Gasteiger partial charge is 0.255 e. The van der Waals surface area contributed by atoms with E-state index in [1.807, 2.05) is 20.8 Å². The first kappa shape index (κ1) is 15.9. The Hall–Kier alpha value is -1.16. The van der Waals surface area contributed by atoms with Crippen LogP contribution in [0.3, 0.4) is 0 Å². The molecule has 0 aliphatic carbocycles. The summed E-state index contributed by atoms with van der Waals surface area (Å²) < 4.78 is 0. The SMILES string of the molecule is Cc1nc(C)c(C(C)NCCCCC(C)C)c(=O)[nH]1. The van der Waals surface area contributed by atoms with Gasteiger partial charge in [-0.1, -0.05) is 26.7 Å². The fourth-order valence-corrected chi connectivity index (χ4v) is 2.34. The molecule has 1 rings (SSSR count). The lowest BCUT2D eigenvalue weighted by Crippen LogP contribution is -2.28. The largest absolute Gasteiger partial charge is 0.310 e. The molecule has 1 heterocycles. The Balaban J connectivity index is 2.50. The van der Waals surface area contributed by atoms with Crippen molar-refractivity contribution in [3.8, 4) is 0 Å². The van der Waals surface area contributed by atoms with Gasteiger partial charge in [0.05, 0.1) is 5.56 Å². The summed E-state index contributed by atoms with van der Waals surface area (Å²) in [7, 11) is 0. The van der Waals surface area contributed by atoms with Gasteiger partial charge in [0.2, 0.25) is 0 Å². The van der Waals surface area contributed by atoms with E-state index in [1.165, 1.54) is 12.8 Å². The van der Waals surface area contributed by atoms with Crippen molar-refractivity contribution < 1.29 is 0 Å². The minimum atomic E-state index is -0.0211. The summed E-state index contributed by atoms with van der Waals surface area (Å²) in [6, 6.07) is 0.0518. The van der Waals surface area contributed by atoms with E-state index in [4.69, 9.17) is 0 Å². The molecule has 0 saturated heterocycles. The van der Waals surface area contributed by atoms with Gasteiger partial charge in [-0.05, 0) is 39.7 Å². The van der Waals surface area contributed by atoms with E-state index in [0.717, 1.165) is 30.1 Å². The molecule has 0 amide bonds. The van der Waals surface area contributed by atoms with Gasteiger partial charge in [0.15, 0.2) is 0 Å². The van der Waals surface area contributed by atoms with E-state index in [0.29, 0.717) is 5.82 Å². The number of nitrogens with zero attached hydrogens (tertiary/aromatic N) is 1. The summed E-state index contributed by atoms with van der Waals surface area (Å²) in [6.45, 7) is 11.2. The van der Waals surface area contributed by atoms with Crippen LogP contribution in [0, 0.1) is 19.8 Å². The zero-order valence-corrected chi connectivity index (χ0v) is 12.8. The molecular weight excluding hydrogens is 238 g/mol. The highest BCUT2D eigenvalue weighted by molar-refractivity contribution is 5.19. The monoisotopic (exact) mass is 265 g/mol. The van der Waals surface area contributed by atoms with Gasteiger partial charge in [0.25, 0.3) is 5.56 Å². The lowest BCUT2D eigenvalue weighted by Gasteiger charge is -2.15. The van der Waals surface area contributed by atoms with Crippen LogP contribution >= 0.6 is 0 Å². The Morgan fingerprint density at radius 3 is 2.47 bits per heavy atom. The highest BCUT2D eigenvalue weighted by Gasteiger charge is 2.13. The zero-order chi connectivity index (χ0) is 14.4. The van der Waals surface area contributed by atoms with Gasteiger partial charge in [-0.25, -0.2) is 4.98 Å². The summed E-state index contributed by atoms with van der Waals surface area (Å²) in [6.07, 6.45) is 3.65. The average molecular weight is 265 g/mol. The molecule has 1 unspecified atom stereocenters. The quantitative estimate of drug-likeness (QED) is 0.745. The van der Waals surface area contributed by atoms with Gasteiger partial charge in [-0.2, -0.15) is 0 Å². The Labute approximate surface area is 116 Å². The minimum absolute atomic E-state index is 0.0211. The molecule has 0 aliphatic heterocycles. The molecule has 0 aromatic carbocycles. The normalized spacial score (nSPS) is 12.9. The van der Waals surface area contributed by atoms with Crippen molar-refractivity contribution in [3.05, 3.63) is 27.4 Å². The molecule has 108 valence electrons. The fourth-order valence-electron chi connectivity index (χ4n) is 2.34. The van der Waals surface area contributed by atoms with E-state index in [-0.39, 0.29) is 11.6 Å². The second-order valence-electron chi connectivity index (χ2n) is 5.72. The Kier molecular flexibility index (Phi) is 6.22. The number of unbranched alkanes of at least 4 members (excludes halogenated alkanes) is 1. The highest BCUT2D eigenvalue weighted by Crippen LogP contribution is 2.11. The highest BCUT2D eigenvalue weighted by atomic mass is 16.1. The number of aromatic nitrogens is 2. The first-order valence-electron chi connectivity index (χ1n) is 7.22. The van der Waals surface area contributed by atoms with Crippen molar-refractivity contribution in [2.45, 2.75) is 59.9 Å². The summed E-state index contributed by atoms with van der Waals surface area (Å²) in [4.78, 5) is 19.0. The van der Waals surface area contributed by atoms with Crippen molar-refractivity contribution in [1.82, 2.24) is 15.3 Å². The van der Waals surface area contributed by atoms with Crippen molar-refractivity contribution in [2.24, 2.45) is 5.92 Å². The maximum atomic E-state index is 11.9. The molecule has 0 bridgehead atoms. The molecule has 0 radical (unpaired) electrons. The molecule has 0 fully saturated rings. The predicted molar refractivity (Wildman–Crippen MR) is 79.4 cm³/mol. The van der Waals surface area contributed by atoms with Crippen LogP contribution in [0.4, 0.5) is 0 Å². The second-order valence-corrected chi connectivity index (χ2v) is 5.72. The van der Waals surface area contributed by atoms with Crippen molar-refractivity contribution in [3.63, 3.8) is 0 Å². The molecule has 1 aromatic rings. The van der Waals surface area contributed by atoms with Crippen LogP contribution in [0.1, 0.15) is 63.2 Å². The van der Waals surface area contributed by atoms with Crippen molar-refractivity contribution in [1.29, 1.82) is 0 Å². The van der Waals surface area contributed by atoms with E-state index >= 15 is 0 Å². The summed E-state index contributed by atoms with van der Waals surface area (Å²) in [5.41, 5.74) is 1.56. The molecule has 0 saturated carbocycles. The third-order valence-electron chi connectivity index (χ3n) is 3.36. The zero-order valence-electron chi connectivity index (χ0n) is 12.8. The summed E-state index contributed by atoms with van der Waals surface area (Å²) in [5, 5.41) is 3.41. The van der Waals surface area contributed by atoms with Gasteiger partial charge in [0, 0.05) is 11.7 Å². The number of hydrogen-bond donors (Lipinski definition) is 2. The number of aromatic amines is 1. The van der Waals surface area contributed by atoms with Crippen LogP contribution in [0.25, 0.3) is 0 Å².